The molecule has 1 saturated carbocycles. The van der Waals surface area contributed by atoms with E-state index in [-0.39, 0.29) is 62.7 Å². The van der Waals surface area contributed by atoms with E-state index in [1.54, 1.807) is 61.5 Å². The Balaban J connectivity index is 1.49. The summed E-state index contributed by atoms with van der Waals surface area (Å²) in [5, 5.41) is 11.8. The maximum absolute atomic E-state index is 14.7. The van der Waals surface area contributed by atoms with Gasteiger partial charge in [0.1, 0.15) is 6.04 Å². The van der Waals surface area contributed by atoms with E-state index < -0.39 is 77.2 Å². The number of carbonyl (C=O) groups is 8. The van der Waals surface area contributed by atoms with Crippen molar-refractivity contribution < 1.29 is 48.2 Å². The fraction of sp³-hybridized carbons (Fsp3) is 0.545. The van der Waals surface area contributed by atoms with Crippen LogP contribution in [0.4, 0.5) is 0 Å². The summed E-state index contributed by atoms with van der Waals surface area (Å²) < 4.78 is 6.27. The number of hydrogen-bond donors (Lipinski definition) is 3. The molecule has 1 unspecified atom stereocenters. The molecule has 1 heterocycles. The lowest BCUT2D eigenvalue weighted by Crippen LogP contribution is -2.47. The zero-order valence-electron chi connectivity index (χ0n) is 33.5. The van der Waals surface area contributed by atoms with Crippen LogP contribution in [0.1, 0.15) is 126 Å². The summed E-state index contributed by atoms with van der Waals surface area (Å²) >= 11 is 0. The molecule has 2 aliphatic rings. The number of carbonyl (C=O) groups excluding carboxylic acids is 7. The Morgan fingerprint density at radius 3 is 2.21 bits per heavy atom. The molecule has 0 radical (unpaired) electrons. The summed E-state index contributed by atoms with van der Waals surface area (Å²) in [5.74, 6) is -6.87. The van der Waals surface area contributed by atoms with Crippen LogP contribution in [0.25, 0.3) is 0 Å². The maximum Gasteiger partial charge on any atom is 0.307 e. The van der Waals surface area contributed by atoms with Gasteiger partial charge in [-0.25, -0.2) is 0 Å². The molecule has 1 aliphatic heterocycles. The first-order chi connectivity index (χ1) is 27.0. The quantitative estimate of drug-likeness (QED) is 0.119. The van der Waals surface area contributed by atoms with Crippen LogP contribution in [0.5, 0.6) is 0 Å². The Morgan fingerprint density at radius 1 is 0.912 bits per heavy atom. The van der Waals surface area contributed by atoms with Crippen molar-refractivity contribution in [3.8, 4) is 0 Å². The van der Waals surface area contributed by atoms with Crippen LogP contribution in [-0.2, 0) is 44.7 Å². The number of ketones is 4. The van der Waals surface area contributed by atoms with Gasteiger partial charge in [-0.2, -0.15) is 0 Å². The van der Waals surface area contributed by atoms with Gasteiger partial charge in [0, 0.05) is 56.0 Å². The van der Waals surface area contributed by atoms with Crippen LogP contribution < -0.4 is 11.1 Å². The number of primary amides is 1. The monoisotopic (exact) mass is 787 g/mol. The van der Waals surface area contributed by atoms with E-state index in [1.807, 2.05) is 20.8 Å². The number of Topliss-reactive ketones (excluding diaryl/α,β-unsaturated/α-hetero) is 4. The standard InChI is InChI=1S/C44H57N3O10/c1-5-28(41(54)35(48)19-20-38(51)46-40(42(45)55)30-16-10-7-11-17-30)23-37(50)34-24-32(57-44(2,3)4)26-47(34)43(56)33(29-14-8-6-9-15-29)25-36(49)31-18-12-13-27(21-31)22-39(52)53/h7,10-13,16-18,21,28-29,32-34,40H,5-6,8-9,14-15,19-20,22-26H2,1-4H3,(H2,45,55)(H,46,51)(H,52,53)/t28?,32-,33+,34+,40+/m1/s1. The van der Waals surface area contributed by atoms with Gasteiger partial charge in [-0.15, -0.1) is 0 Å². The Kier molecular flexibility index (Phi) is 16.0. The molecule has 2 fully saturated rings. The molecule has 308 valence electrons. The second-order valence-electron chi connectivity index (χ2n) is 16.4. The highest BCUT2D eigenvalue weighted by Crippen LogP contribution is 2.37. The summed E-state index contributed by atoms with van der Waals surface area (Å²) in [6.07, 6.45) is 2.75. The molecule has 0 spiro atoms. The minimum atomic E-state index is -1.11. The number of likely N-dealkylation sites (tertiary alicyclic amines) is 1. The van der Waals surface area contributed by atoms with E-state index in [4.69, 9.17) is 10.5 Å². The van der Waals surface area contributed by atoms with Crippen molar-refractivity contribution in [2.45, 2.75) is 129 Å². The first kappa shape index (κ1) is 44.7. The van der Waals surface area contributed by atoms with Gasteiger partial charge in [0.25, 0.3) is 0 Å². The predicted molar refractivity (Wildman–Crippen MR) is 211 cm³/mol. The Bertz CT molecular complexity index is 1800. The number of aliphatic carboxylic acids is 1. The smallest absolute Gasteiger partial charge is 0.307 e. The van der Waals surface area contributed by atoms with E-state index in [2.05, 4.69) is 5.32 Å². The molecule has 2 aromatic carbocycles. The summed E-state index contributed by atoms with van der Waals surface area (Å²) in [6.45, 7) is 7.44. The van der Waals surface area contributed by atoms with E-state index >= 15 is 0 Å². The van der Waals surface area contributed by atoms with Gasteiger partial charge >= 0.3 is 5.97 Å². The van der Waals surface area contributed by atoms with Crippen LogP contribution in [0.2, 0.25) is 0 Å². The number of hydrogen-bond acceptors (Lipinski definition) is 9. The molecule has 1 aliphatic carbocycles. The highest BCUT2D eigenvalue weighted by Gasteiger charge is 2.45. The number of carboxylic acids is 1. The SMILES string of the molecule is CCC(CC(=O)[C@@H]1C[C@@H](OC(C)(C)C)CN1C(=O)[C@@H](CC(=O)c1cccc(CC(=O)O)c1)C1CCCCC1)C(=O)C(=O)CCC(=O)N[C@H](C(N)=O)c1ccccc1. The molecule has 13 heteroatoms. The molecular formula is C44H57N3O10. The fourth-order valence-corrected chi connectivity index (χ4v) is 8.06. The number of rotatable bonds is 20. The van der Waals surface area contributed by atoms with Crippen molar-refractivity contribution in [2.75, 3.05) is 6.54 Å². The van der Waals surface area contributed by atoms with Crippen LogP contribution in [0, 0.1) is 17.8 Å². The third-order valence-electron chi connectivity index (χ3n) is 10.9. The minimum absolute atomic E-state index is 0.0959. The lowest BCUT2D eigenvalue weighted by atomic mass is 9.76. The third kappa shape index (κ3) is 13.0. The van der Waals surface area contributed by atoms with Gasteiger partial charge in [-0.1, -0.05) is 74.7 Å². The van der Waals surface area contributed by atoms with Gasteiger partial charge in [-0.3, -0.25) is 38.4 Å². The molecule has 4 rings (SSSR count). The molecule has 0 bridgehead atoms. The molecule has 0 aromatic heterocycles. The lowest BCUT2D eigenvalue weighted by molar-refractivity contribution is -0.144. The lowest BCUT2D eigenvalue weighted by Gasteiger charge is -2.34. The van der Waals surface area contributed by atoms with Crippen LogP contribution in [0.15, 0.2) is 54.6 Å². The van der Waals surface area contributed by atoms with Gasteiger partial charge in [0.2, 0.25) is 23.5 Å². The Hall–Kier alpha value is -5.04. The van der Waals surface area contributed by atoms with E-state index in [0.29, 0.717) is 16.7 Å². The van der Waals surface area contributed by atoms with E-state index in [9.17, 15) is 43.5 Å². The normalized spacial score (nSPS) is 18.9. The van der Waals surface area contributed by atoms with Crippen LogP contribution >= 0.6 is 0 Å². The number of benzene rings is 2. The molecule has 13 nitrogen and oxygen atoms in total. The number of nitrogens with two attached hydrogens (primary N) is 1. The van der Waals surface area contributed by atoms with Crippen molar-refractivity contribution in [1.29, 1.82) is 0 Å². The number of amides is 3. The van der Waals surface area contributed by atoms with Gasteiger partial charge < -0.3 is 25.8 Å². The highest BCUT2D eigenvalue weighted by molar-refractivity contribution is 6.38. The number of nitrogens with zero attached hydrogens (tertiary/aromatic N) is 1. The number of ether oxygens (including phenoxy) is 1. The highest BCUT2D eigenvalue weighted by atomic mass is 16.5. The molecule has 57 heavy (non-hydrogen) atoms. The molecular weight excluding hydrogens is 730 g/mol. The molecule has 1 saturated heterocycles. The van der Waals surface area contributed by atoms with Gasteiger partial charge in [0.05, 0.1) is 24.2 Å². The largest absolute Gasteiger partial charge is 0.481 e. The maximum atomic E-state index is 14.7. The first-order valence-electron chi connectivity index (χ1n) is 20.0. The van der Waals surface area contributed by atoms with Crippen molar-refractivity contribution in [3.63, 3.8) is 0 Å². The van der Waals surface area contributed by atoms with Crippen molar-refractivity contribution >= 4 is 46.8 Å². The molecule has 3 amide bonds. The minimum Gasteiger partial charge on any atom is -0.481 e. The van der Waals surface area contributed by atoms with Crippen LogP contribution in [-0.4, -0.2) is 81.1 Å². The summed E-state index contributed by atoms with van der Waals surface area (Å²) in [6, 6.07) is 12.7. The first-order valence-corrected chi connectivity index (χ1v) is 20.0. The summed E-state index contributed by atoms with van der Waals surface area (Å²) in [5.41, 5.74) is 6.17. The molecule has 4 N–H and O–H groups in total. The second-order valence-corrected chi connectivity index (χ2v) is 16.4. The predicted octanol–water partition coefficient (Wildman–Crippen LogP) is 5.11. The summed E-state index contributed by atoms with van der Waals surface area (Å²) in [7, 11) is 0. The topological polar surface area (TPSA) is 207 Å². The molecule has 5 atom stereocenters. The van der Waals surface area contributed by atoms with E-state index in [1.165, 1.54) is 4.90 Å². The van der Waals surface area contributed by atoms with Crippen molar-refractivity contribution in [2.24, 2.45) is 23.5 Å². The van der Waals surface area contributed by atoms with Crippen molar-refractivity contribution in [1.82, 2.24) is 10.2 Å². The Morgan fingerprint density at radius 2 is 1.60 bits per heavy atom. The Labute approximate surface area is 334 Å². The fourth-order valence-electron chi connectivity index (χ4n) is 8.06. The third-order valence-corrected chi connectivity index (χ3v) is 10.9. The molecule has 2 aromatic rings. The average molecular weight is 788 g/mol. The van der Waals surface area contributed by atoms with Crippen molar-refractivity contribution in [3.05, 3.63) is 71.3 Å². The zero-order valence-corrected chi connectivity index (χ0v) is 33.5. The average Bonchev–Trinajstić information content (AvgIpc) is 3.59. The second kappa shape index (κ2) is 20.4. The number of carboxylic acid groups (broad SMARTS) is 1. The van der Waals surface area contributed by atoms with Gasteiger partial charge in [-0.05, 0) is 63.1 Å². The number of nitrogens with one attached hydrogen (secondary N) is 1. The summed E-state index contributed by atoms with van der Waals surface area (Å²) in [4.78, 5) is 107. The van der Waals surface area contributed by atoms with Gasteiger partial charge in [0.15, 0.2) is 17.3 Å². The van der Waals surface area contributed by atoms with E-state index in [0.717, 1.165) is 32.1 Å². The zero-order chi connectivity index (χ0) is 41.9. The van der Waals surface area contributed by atoms with Crippen LogP contribution in [0.3, 0.4) is 0 Å².